The molecule has 0 radical (unpaired) electrons. The van der Waals surface area contributed by atoms with E-state index < -0.39 is 0 Å². The van der Waals surface area contributed by atoms with Crippen molar-refractivity contribution >= 4 is 17.7 Å². The molecule has 13 rings (SSSR count). The van der Waals surface area contributed by atoms with Crippen molar-refractivity contribution in [3.05, 3.63) is 35.1 Å². The molecular weight excluding hydrogens is 699 g/mol. The predicted molar refractivity (Wildman–Crippen MR) is 210 cm³/mol. The summed E-state index contributed by atoms with van der Waals surface area (Å²) < 4.78 is 12.4. The van der Waals surface area contributed by atoms with Crippen LogP contribution in [0.5, 0.6) is 0 Å². The Balaban J connectivity index is 0.000000124. The van der Waals surface area contributed by atoms with Gasteiger partial charge in [0.2, 0.25) is 0 Å². The van der Waals surface area contributed by atoms with E-state index in [0.29, 0.717) is 60.7 Å². The van der Waals surface area contributed by atoms with Gasteiger partial charge in [0.05, 0.1) is 0 Å². The van der Waals surface area contributed by atoms with Crippen LogP contribution in [0.4, 0.5) is 0 Å². The van der Waals surface area contributed by atoms with Gasteiger partial charge in [-0.3, -0.25) is 14.4 Å². The first-order valence-corrected chi connectivity index (χ1v) is 23.5. The Morgan fingerprint density at radius 2 is 1.29 bits per heavy atom. The first kappa shape index (κ1) is 35.5. The Morgan fingerprint density at radius 3 is 1.89 bits per heavy atom. The van der Waals surface area contributed by atoms with Crippen LogP contribution < -0.4 is 0 Å². The largest absolute Gasteiger partial charge is 0.458 e. The molecule has 0 amide bonds. The molecule has 12 unspecified atom stereocenters. The molecule has 13 aliphatic rings. The normalized spacial score (nSPS) is 53.8. The summed E-state index contributed by atoms with van der Waals surface area (Å²) in [4.78, 5) is 38.9. The molecule has 56 heavy (non-hydrogen) atoms. The Kier molecular flexibility index (Phi) is 7.67. The van der Waals surface area contributed by atoms with Crippen LogP contribution in [0.1, 0.15) is 129 Å². The number of carbonyl (C=O) groups is 3. The quantitative estimate of drug-likeness (QED) is 0.283. The second-order valence-corrected chi connectivity index (χ2v) is 22.1. The van der Waals surface area contributed by atoms with Crippen LogP contribution in [0.2, 0.25) is 0 Å². The monoisotopic (exact) mass is 763 g/mol. The Labute approximate surface area is 333 Å². The second-order valence-electron chi connectivity index (χ2n) is 22.1. The number of allylic oxidation sites excluding steroid dienone is 4. The predicted octanol–water partition coefficient (Wildman–Crippen LogP) is 8.36. The van der Waals surface area contributed by atoms with Crippen molar-refractivity contribution in [2.45, 2.75) is 141 Å². The van der Waals surface area contributed by atoms with E-state index in [4.69, 9.17) is 9.47 Å². The van der Waals surface area contributed by atoms with Crippen LogP contribution in [-0.4, -0.2) is 58.6 Å². The number of rotatable bonds is 2. The zero-order chi connectivity index (χ0) is 37.9. The highest BCUT2D eigenvalue weighted by Crippen LogP contribution is 2.80. The number of likely N-dealkylation sites (tertiary alicyclic amines) is 1. The maximum absolute atomic E-state index is 12.2. The molecule has 302 valence electrons. The number of ketones is 1. The van der Waals surface area contributed by atoms with Crippen LogP contribution in [-0.2, 0) is 23.9 Å². The Bertz CT molecular complexity index is 1840. The lowest BCUT2D eigenvalue weighted by atomic mass is 9.47. The van der Waals surface area contributed by atoms with E-state index in [1.807, 2.05) is 6.08 Å². The highest BCUT2D eigenvalue weighted by atomic mass is 16.6. The molecule has 7 nitrogen and oxygen atoms in total. The molecule has 0 aromatic heterocycles. The van der Waals surface area contributed by atoms with E-state index >= 15 is 0 Å². The lowest BCUT2D eigenvalue weighted by Crippen LogP contribution is -2.56. The van der Waals surface area contributed by atoms with E-state index in [0.717, 1.165) is 61.7 Å². The maximum atomic E-state index is 12.2. The van der Waals surface area contributed by atoms with Gasteiger partial charge in [0, 0.05) is 73.2 Å². The summed E-state index contributed by atoms with van der Waals surface area (Å²) in [5.74, 6) is 8.98. The molecule has 0 aromatic carbocycles. The summed E-state index contributed by atoms with van der Waals surface area (Å²) in [6.07, 6.45) is 27.2. The number of hydrogen-bond acceptors (Lipinski definition) is 7. The Hall–Kier alpha value is -2.41. The van der Waals surface area contributed by atoms with Gasteiger partial charge in [-0.1, -0.05) is 25.5 Å². The first-order valence-electron chi connectivity index (χ1n) is 23.5. The van der Waals surface area contributed by atoms with E-state index in [1.54, 1.807) is 11.3 Å². The van der Waals surface area contributed by atoms with Gasteiger partial charge < -0.3 is 19.5 Å². The second kappa shape index (κ2) is 12.1. The van der Waals surface area contributed by atoms with Crippen molar-refractivity contribution < 1.29 is 29.0 Å². The lowest BCUT2D eigenvalue weighted by molar-refractivity contribution is -0.175. The number of aliphatic hydroxyl groups excluding tert-OH is 1. The van der Waals surface area contributed by atoms with Gasteiger partial charge in [-0.05, 0) is 173 Å². The fraction of sp³-hybridized carbons (Fsp3) is 0.816. The molecule has 2 spiro atoms. The molecule has 3 aliphatic heterocycles. The highest BCUT2D eigenvalue weighted by Gasteiger charge is 2.80. The van der Waals surface area contributed by atoms with Gasteiger partial charge in [0.15, 0.2) is 5.78 Å². The SMILES string of the molecule is C[C@]12CCC3C4CCC(=O)C=C4[C@H](CO)CC3C1C1CC1[C@@]21CCC(=O)O1.C[C@]12CCC3C4CCC(N5CCCC5)=CC4=CCC3C1C1CC1[C@@]21CCC(=O)O1. The van der Waals surface area contributed by atoms with Crippen molar-refractivity contribution in [2.24, 2.45) is 87.8 Å². The molecule has 10 aliphatic carbocycles. The van der Waals surface area contributed by atoms with Crippen LogP contribution in [0.15, 0.2) is 35.1 Å². The summed E-state index contributed by atoms with van der Waals surface area (Å²) in [6, 6.07) is 0. The van der Waals surface area contributed by atoms with Crippen molar-refractivity contribution in [1.29, 1.82) is 0 Å². The molecule has 10 fully saturated rings. The topological polar surface area (TPSA) is 93.1 Å². The molecule has 3 saturated heterocycles. The van der Waals surface area contributed by atoms with E-state index in [-0.39, 0.29) is 52.3 Å². The molecule has 17 atom stereocenters. The number of carbonyl (C=O) groups excluding carboxylic acids is 3. The number of hydrogen-bond donors (Lipinski definition) is 1. The average Bonchev–Trinajstić information content (AvgIpc) is 3.89. The third kappa shape index (κ3) is 4.59. The standard InChI is InChI=1S/C26H35NO2.C23H30O4/c1-25-10-8-19-18-7-5-17(27-12-2-3-13-27)14-16(18)4-6-20(19)24(25)21-15-22(21)26(25)11-9-23(28)29-26;1-22-6-4-15-14-3-2-13(25)9-16(14)12(11-24)8-17(15)21(22)18-10-19(18)23(22)7-5-20(26)27-23/h4,14,18-22,24H,2-3,5-13,15H2,1H3;9,12,14-15,17-19,21,24H,2-8,10-11H2,1H3/t18?,19?,20?,21?,22?,24?,25-,26-;12-,14?,15?,17?,18?,19?,21?,22-,23-/m00/s1. The van der Waals surface area contributed by atoms with E-state index in [9.17, 15) is 19.5 Å². The minimum Gasteiger partial charge on any atom is -0.458 e. The van der Waals surface area contributed by atoms with Gasteiger partial charge in [-0.15, -0.1) is 0 Å². The van der Waals surface area contributed by atoms with Gasteiger partial charge in [0.1, 0.15) is 11.2 Å². The third-order valence-corrected chi connectivity index (χ3v) is 20.6. The minimum absolute atomic E-state index is 0.0116. The maximum Gasteiger partial charge on any atom is 0.306 e. The van der Waals surface area contributed by atoms with Crippen LogP contribution in [0.25, 0.3) is 0 Å². The third-order valence-electron chi connectivity index (χ3n) is 20.6. The molecule has 0 bridgehead atoms. The fourth-order valence-electron chi connectivity index (χ4n) is 18.4. The van der Waals surface area contributed by atoms with Crippen molar-refractivity contribution in [1.82, 2.24) is 4.90 Å². The zero-order valence-electron chi connectivity index (χ0n) is 34.0. The van der Waals surface area contributed by atoms with Crippen molar-refractivity contribution in [2.75, 3.05) is 19.7 Å². The smallest absolute Gasteiger partial charge is 0.306 e. The van der Waals surface area contributed by atoms with Gasteiger partial charge in [-0.2, -0.15) is 0 Å². The lowest BCUT2D eigenvalue weighted by Gasteiger charge is -2.58. The molecule has 0 aromatic rings. The highest BCUT2D eigenvalue weighted by molar-refractivity contribution is 5.91. The summed E-state index contributed by atoms with van der Waals surface area (Å²) in [7, 11) is 0. The molecule has 7 heteroatoms. The van der Waals surface area contributed by atoms with Crippen LogP contribution in [0.3, 0.4) is 0 Å². The number of fused-ring (bicyclic) bond motifs is 18. The van der Waals surface area contributed by atoms with Crippen LogP contribution in [0, 0.1) is 87.8 Å². The van der Waals surface area contributed by atoms with Crippen molar-refractivity contribution in [3.63, 3.8) is 0 Å². The van der Waals surface area contributed by atoms with E-state index in [1.165, 1.54) is 82.9 Å². The van der Waals surface area contributed by atoms with Crippen molar-refractivity contribution in [3.8, 4) is 0 Å². The van der Waals surface area contributed by atoms with E-state index in [2.05, 4.69) is 30.9 Å². The molecular formula is C49H65NO6. The number of nitrogens with zero attached hydrogens (tertiary/aromatic N) is 1. The molecule has 1 N–H and O–H groups in total. The molecule has 3 heterocycles. The summed E-state index contributed by atoms with van der Waals surface area (Å²) in [5, 5.41) is 10.1. The number of ether oxygens (including phenoxy) is 2. The van der Waals surface area contributed by atoms with Crippen LogP contribution >= 0.6 is 0 Å². The average molecular weight is 764 g/mol. The van der Waals surface area contributed by atoms with Gasteiger partial charge in [-0.25, -0.2) is 0 Å². The van der Waals surface area contributed by atoms with Gasteiger partial charge in [0.25, 0.3) is 0 Å². The minimum atomic E-state index is -0.197. The number of esters is 2. The Morgan fingerprint density at radius 1 is 0.679 bits per heavy atom. The number of aliphatic hydroxyl groups is 1. The summed E-state index contributed by atoms with van der Waals surface area (Å²) in [6.45, 7) is 7.66. The molecule has 7 saturated carbocycles. The zero-order valence-corrected chi connectivity index (χ0v) is 34.0. The van der Waals surface area contributed by atoms with Gasteiger partial charge >= 0.3 is 11.9 Å². The summed E-state index contributed by atoms with van der Waals surface area (Å²) in [5.41, 5.74) is 4.62. The fourth-order valence-corrected chi connectivity index (χ4v) is 18.4. The first-order chi connectivity index (χ1) is 27.1. The summed E-state index contributed by atoms with van der Waals surface area (Å²) >= 11 is 0.